The second-order valence-corrected chi connectivity index (χ2v) is 3.79. The topological polar surface area (TPSA) is 12.5 Å². The highest BCUT2D eigenvalue weighted by Gasteiger charge is 2.28. The molecule has 58 valence electrons. The summed E-state index contributed by atoms with van der Waals surface area (Å²) in [6.07, 6.45) is 0. The zero-order valence-corrected chi connectivity index (χ0v) is 7.49. The number of hydrogen-bond donors (Lipinski definition) is 0. The zero-order chi connectivity index (χ0) is 7.78. The maximum absolute atomic E-state index is 5.15. The third kappa shape index (κ3) is 1.40. The van der Waals surface area contributed by atoms with E-state index in [4.69, 9.17) is 17.0 Å². The molecule has 3 heteroatoms. The molecule has 0 saturated carbocycles. The molecule has 2 nitrogen and oxygen atoms in total. The van der Waals surface area contributed by atoms with Crippen molar-refractivity contribution in [3.63, 3.8) is 0 Å². The van der Waals surface area contributed by atoms with Crippen LogP contribution in [0.4, 0.5) is 0 Å². The summed E-state index contributed by atoms with van der Waals surface area (Å²) in [5.74, 6) is 0. The zero-order valence-electron chi connectivity index (χ0n) is 6.68. The molecule has 10 heavy (non-hydrogen) atoms. The minimum atomic E-state index is 0.119. The van der Waals surface area contributed by atoms with Crippen LogP contribution in [0.15, 0.2) is 0 Å². The van der Waals surface area contributed by atoms with Crippen LogP contribution in [0.5, 0.6) is 0 Å². The molecule has 0 aromatic rings. The number of ether oxygens (including phenoxy) is 1. The van der Waals surface area contributed by atoms with Gasteiger partial charge >= 0.3 is 0 Å². The molecule has 0 aromatic heterocycles. The number of rotatable bonds is 0. The van der Waals surface area contributed by atoms with E-state index in [0.717, 1.165) is 13.2 Å². The van der Waals surface area contributed by atoms with Crippen molar-refractivity contribution in [1.82, 2.24) is 4.90 Å². The molecule has 0 radical (unpaired) electrons. The van der Waals surface area contributed by atoms with Gasteiger partial charge in [0.1, 0.15) is 6.61 Å². The Hall–Kier alpha value is -0.310. The van der Waals surface area contributed by atoms with Gasteiger partial charge in [-0.2, -0.15) is 0 Å². The highest BCUT2D eigenvalue weighted by molar-refractivity contribution is 7.80. The first-order valence-corrected chi connectivity index (χ1v) is 3.87. The molecule has 0 N–H and O–H groups in total. The van der Waals surface area contributed by atoms with Crippen LogP contribution in [0.3, 0.4) is 0 Å². The first kappa shape index (κ1) is 7.79. The summed E-state index contributed by atoms with van der Waals surface area (Å²) in [6, 6.07) is 0. The Morgan fingerprint density at radius 3 is 2.30 bits per heavy atom. The van der Waals surface area contributed by atoms with Crippen LogP contribution in [-0.2, 0) is 4.74 Å². The maximum Gasteiger partial charge on any atom is 0.259 e. The second kappa shape index (κ2) is 2.38. The quantitative estimate of drug-likeness (QED) is 0.496. The molecule has 0 aromatic carbocycles. The smallest absolute Gasteiger partial charge is 0.259 e. The van der Waals surface area contributed by atoms with Gasteiger partial charge in [0.2, 0.25) is 0 Å². The van der Waals surface area contributed by atoms with Gasteiger partial charge in [-0.3, -0.25) is 0 Å². The van der Waals surface area contributed by atoms with Crippen LogP contribution < -0.4 is 0 Å². The summed E-state index contributed by atoms with van der Waals surface area (Å²) < 4.78 is 5.15. The number of nitrogens with zero attached hydrogens (tertiary/aromatic N) is 1. The van der Waals surface area contributed by atoms with Crippen molar-refractivity contribution in [2.45, 2.75) is 26.3 Å². The molecule has 0 bridgehead atoms. The van der Waals surface area contributed by atoms with Crippen LogP contribution >= 0.6 is 12.2 Å². The summed E-state index contributed by atoms with van der Waals surface area (Å²) >= 11 is 4.99. The van der Waals surface area contributed by atoms with Gasteiger partial charge in [0.15, 0.2) is 0 Å². The summed E-state index contributed by atoms with van der Waals surface area (Å²) in [7, 11) is 0. The minimum absolute atomic E-state index is 0.119. The van der Waals surface area contributed by atoms with E-state index in [1.165, 1.54) is 0 Å². The van der Waals surface area contributed by atoms with Gasteiger partial charge in [0.05, 0.1) is 6.54 Å². The Morgan fingerprint density at radius 2 is 2.10 bits per heavy atom. The molecule has 0 aliphatic carbocycles. The minimum Gasteiger partial charge on any atom is -0.469 e. The number of thiocarbonyl (C=S) groups is 1. The summed E-state index contributed by atoms with van der Waals surface area (Å²) in [5, 5.41) is 0.646. The second-order valence-electron chi connectivity index (χ2n) is 3.44. The van der Waals surface area contributed by atoms with Crippen molar-refractivity contribution < 1.29 is 4.74 Å². The van der Waals surface area contributed by atoms with E-state index in [-0.39, 0.29) is 5.54 Å². The van der Waals surface area contributed by atoms with E-state index >= 15 is 0 Å². The van der Waals surface area contributed by atoms with Crippen LogP contribution in [0.25, 0.3) is 0 Å². The van der Waals surface area contributed by atoms with Crippen LogP contribution in [0.1, 0.15) is 20.8 Å². The Balaban J connectivity index is 2.64. The molecule has 1 aliphatic rings. The number of hydrogen-bond acceptors (Lipinski definition) is 2. The molecule has 1 rings (SSSR count). The van der Waals surface area contributed by atoms with Crippen molar-refractivity contribution in [2.24, 2.45) is 0 Å². The van der Waals surface area contributed by atoms with Crippen molar-refractivity contribution in [3.8, 4) is 0 Å². The van der Waals surface area contributed by atoms with Crippen LogP contribution in [0, 0.1) is 0 Å². The molecule has 0 spiro atoms. The lowest BCUT2D eigenvalue weighted by Gasteiger charge is -2.30. The van der Waals surface area contributed by atoms with Crippen LogP contribution in [-0.4, -0.2) is 28.8 Å². The fourth-order valence-electron chi connectivity index (χ4n) is 1.00. The van der Waals surface area contributed by atoms with Crippen LogP contribution in [0.2, 0.25) is 0 Å². The van der Waals surface area contributed by atoms with Crippen molar-refractivity contribution in [2.75, 3.05) is 13.2 Å². The molecule has 0 atom stereocenters. The van der Waals surface area contributed by atoms with E-state index in [1.807, 2.05) is 0 Å². The lowest BCUT2D eigenvalue weighted by Crippen LogP contribution is -2.41. The standard InChI is InChI=1S/C7H13NOS/c1-7(2,3)8-4-5-9-6(8)10/h4-5H2,1-3H3. The van der Waals surface area contributed by atoms with Gasteiger partial charge in [-0.1, -0.05) is 0 Å². The summed E-state index contributed by atoms with van der Waals surface area (Å²) in [6.45, 7) is 8.08. The van der Waals surface area contributed by atoms with E-state index in [9.17, 15) is 0 Å². The molecular formula is C7H13NOS. The summed E-state index contributed by atoms with van der Waals surface area (Å²) in [4.78, 5) is 2.10. The van der Waals surface area contributed by atoms with Gasteiger partial charge < -0.3 is 9.64 Å². The lowest BCUT2D eigenvalue weighted by atomic mass is 10.1. The molecule has 0 unspecified atom stereocenters. The van der Waals surface area contributed by atoms with Gasteiger partial charge in [-0.15, -0.1) is 0 Å². The van der Waals surface area contributed by atoms with Gasteiger partial charge in [-0.25, -0.2) is 0 Å². The largest absolute Gasteiger partial charge is 0.469 e. The van der Waals surface area contributed by atoms with E-state index in [0.29, 0.717) is 5.17 Å². The molecule has 1 fully saturated rings. The third-order valence-corrected chi connectivity index (χ3v) is 1.91. The maximum atomic E-state index is 5.15. The SMILES string of the molecule is CC(C)(C)N1CCOC1=S. The Bertz CT molecular complexity index is 150. The first-order chi connectivity index (χ1) is 4.52. The fourth-order valence-corrected chi connectivity index (χ4v) is 1.45. The van der Waals surface area contributed by atoms with Crippen molar-refractivity contribution in [1.29, 1.82) is 0 Å². The summed E-state index contributed by atoms with van der Waals surface area (Å²) in [5.41, 5.74) is 0.119. The van der Waals surface area contributed by atoms with E-state index in [1.54, 1.807) is 0 Å². The average molecular weight is 159 g/mol. The first-order valence-electron chi connectivity index (χ1n) is 3.46. The predicted octanol–water partition coefficient (Wildman–Crippen LogP) is 1.40. The predicted molar refractivity (Wildman–Crippen MR) is 45.0 cm³/mol. The molecule has 1 saturated heterocycles. The van der Waals surface area contributed by atoms with E-state index < -0.39 is 0 Å². The third-order valence-electron chi connectivity index (χ3n) is 1.57. The molecule has 1 aliphatic heterocycles. The fraction of sp³-hybridized carbons (Fsp3) is 0.857. The normalized spacial score (nSPS) is 19.5. The van der Waals surface area contributed by atoms with Gasteiger partial charge in [0, 0.05) is 5.54 Å². The van der Waals surface area contributed by atoms with Gasteiger partial charge in [0.25, 0.3) is 5.17 Å². The molecular weight excluding hydrogens is 146 g/mol. The Morgan fingerprint density at radius 1 is 1.50 bits per heavy atom. The Kier molecular flexibility index (Phi) is 1.86. The average Bonchev–Trinajstić information content (AvgIpc) is 2.11. The monoisotopic (exact) mass is 159 g/mol. The highest BCUT2D eigenvalue weighted by Crippen LogP contribution is 2.17. The highest BCUT2D eigenvalue weighted by atomic mass is 32.1. The lowest BCUT2D eigenvalue weighted by molar-refractivity contribution is 0.262. The molecule has 0 amide bonds. The van der Waals surface area contributed by atoms with Crippen molar-refractivity contribution in [3.05, 3.63) is 0 Å². The van der Waals surface area contributed by atoms with Gasteiger partial charge in [-0.05, 0) is 33.0 Å². The molecule has 1 heterocycles. The van der Waals surface area contributed by atoms with E-state index in [2.05, 4.69) is 25.7 Å². The Labute approximate surface area is 67.2 Å². The van der Waals surface area contributed by atoms with Crippen molar-refractivity contribution >= 4 is 17.4 Å².